The zero-order chi connectivity index (χ0) is 20.3. The molecule has 1 N–H and O–H groups in total. The van der Waals surface area contributed by atoms with Gasteiger partial charge in [0, 0.05) is 23.8 Å². The zero-order valence-corrected chi connectivity index (χ0v) is 17.7. The van der Waals surface area contributed by atoms with Crippen molar-refractivity contribution in [2.24, 2.45) is 0 Å². The van der Waals surface area contributed by atoms with Crippen LogP contribution in [0.15, 0.2) is 72.8 Å². The Balaban J connectivity index is 1.40. The Kier molecular flexibility index (Phi) is 5.94. The SMILES string of the molecule is Cc1cc(CCc2ccccc2)ccc1N1CCC(O)(c2ccc(Cl)cc2)CC1. The van der Waals surface area contributed by atoms with Crippen molar-refractivity contribution in [2.45, 2.75) is 38.2 Å². The molecule has 1 fully saturated rings. The zero-order valence-electron chi connectivity index (χ0n) is 16.9. The molecule has 1 saturated heterocycles. The second kappa shape index (κ2) is 8.61. The van der Waals surface area contributed by atoms with Crippen LogP contribution in [0.5, 0.6) is 0 Å². The van der Waals surface area contributed by atoms with Gasteiger partial charge in [-0.15, -0.1) is 0 Å². The summed E-state index contributed by atoms with van der Waals surface area (Å²) in [5.41, 5.74) is 5.56. The number of benzene rings is 3. The molecule has 0 atom stereocenters. The highest BCUT2D eigenvalue weighted by molar-refractivity contribution is 6.30. The molecule has 0 aromatic heterocycles. The maximum Gasteiger partial charge on any atom is 0.0930 e. The highest BCUT2D eigenvalue weighted by Gasteiger charge is 2.34. The Hall–Kier alpha value is -2.29. The topological polar surface area (TPSA) is 23.5 Å². The van der Waals surface area contributed by atoms with E-state index in [0.29, 0.717) is 5.02 Å². The highest BCUT2D eigenvalue weighted by Crippen LogP contribution is 2.36. The number of hydrogen-bond acceptors (Lipinski definition) is 2. The average molecular weight is 406 g/mol. The number of halogens is 1. The minimum Gasteiger partial charge on any atom is -0.385 e. The van der Waals surface area contributed by atoms with Crippen molar-refractivity contribution in [3.8, 4) is 0 Å². The molecule has 0 saturated carbocycles. The average Bonchev–Trinajstić information content (AvgIpc) is 2.74. The second-order valence-corrected chi connectivity index (χ2v) is 8.57. The Morgan fingerprint density at radius 1 is 0.862 bits per heavy atom. The minimum atomic E-state index is -0.759. The molecule has 3 heteroatoms. The van der Waals surface area contributed by atoms with Crippen LogP contribution in [0, 0.1) is 6.92 Å². The summed E-state index contributed by atoms with van der Waals surface area (Å²) < 4.78 is 0. The molecule has 1 heterocycles. The first kappa shape index (κ1) is 20.0. The summed E-state index contributed by atoms with van der Waals surface area (Å²) >= 11 is 6.00. The summed E-state index contributed by atoms with van der Waals surface area (Å²) in [6, 6.07) is 25.1. The van der Waals surface area contributed by atoms with E-state index in [9.17, 15) is 5.11 Å². The molecule has 0 aliphatic carbocycles. The Morgan fingerprint density at radius 3 is 2.17 bits per heavy atom. The van der Waals surface area contributed by atoms with Gasteiger partial charge in [-0.3, -0.25) is 0 Å². The van der Waals surface area contributed by atoms with E-state index in [-0.39, 0.29) is 0 Å². The van der Waals surface area contributed by atoms with Crippen molar-refractivity contribution in [3.63, 3.8) is 0 Å². The molecule has 0 amide bonds. The largest absolute Gasteiger partial charge is 0.385 e. The van der Waals surface area contributed by atoms with Gasteiger partial charge in [-0.1, -0.05) is 66.2 Å². The van der Waals surface area contributed by atoms with Crippen molar-refractivity contribution in [2.75, 3.05) is 18.0 Å². The maximum absolute atomic E-state index is 11.1. The van der Waals surface area contributed by atoms with Gasteiger partial charge in [-0.2, -0.15) is 0 Å². The summed E-state index contributed by atoms with van der Waals surface area (Å²) in [4.78, 5) is 2.40. The summed E-state index contributed by atoms with van der Waals surface area (Å²) in [5.74, 6) is 0. The standard InChI is InChI=1S/C26H28ClNO/c1-20-19-22(8-7-21-5-3-2-4-6-21)9-14-25(20)28-17-15-26(29,16-18-28)23-10-12-24(27)13-11-23/h2-6,9-14,19,29H,7-8,15-18H2,1H3. The third-order valence-corrected chi connectivity index (χ3v) is 6.37. The molecule has 2 nitrogen and oxygen atoms in total. The summed E-state index contributed by atoms with van der Waals surface area (Å²) in [7, 11) is 0. The predicted octanol–water partition coefficient (Wildman–Crippen LogP) is 5.92. The van der Waals surface area contributed by atoms with Crippen LogP contribution in [0.3, 0.4) is 0 Å². The van der Waals surface area contributed by atoms with E-state index in [1.807, 2.05) is 24.3 Å². The number of nitrogens with zero attached hydrogens (tertiary/aromatic N) is 1. The van der Waals surface area contributed by atoms with E-state index < -0.39 is 5.60 Å². The van der Waals surface area contributed by atoms with Crippen LogP contribution in [0.2, 0.25) is 5.02 Å². The highest BCUT2D eigenvalue weighted by atomic mass is 35.5. The predicted molar refractivity (Wildman–Crippen MR) is 122 cm³/mol. The van der Waals surface area contributed by atoms with E-state index in [1.165, 1.54) is 22.4 Å². The first-order valence-corrected chi connectivity index (χ1v) is 10.8. The van der Waals surface area contributed by atoms with Gasteiger partial charge >= 0.3 is 0 Å². The molecule has 0 radical (unpaired) electrons. The molecule has 150 valence electrons. The quantitative estimate of drug-likeness (QED) is 0.569. The number of hydrogen-bond donors (Lipinski definition) is 1. The molecule has 0 spiro atoms. The molecule has 0 bridgehead atoms. The maximum atomic E-state index is 11.1. The third kappa shape index (κ3) is 4.66. The van der Waals surface area contributed by atoms with Gasteiger partial charge in [0.05, 0.1) is 5.60 Å². The lowest BCUT2D eigenvalue weighted by Crippen LogP contribution is -2.42. The van der Waals surface area contributed by atoms with E-state index in [2.05, 4.69) is 60.4 Å². The van der Waals surface area contributed by atoms with Gasteiger partial charge in [0.2, 0.25) is 0 Å². The van der Waals surface area contributed by atoms with Crippen LogP contribution in [-0.4, -0.2) is 18.2 Å². The van der Waals surface area contributed by atoms with Crippen LogP contribution in [0.25, 0.3) is 0 Å². The Bertz CT molecular complexity index is 944. The van der Waals surface area contributed by atoms with Gasteiger partial charge < -0.3 is 10.0 Å². The fourth-order valence-corrected chi connectivity index (χ4v) is 4.45. The number of anilines is 1. The van der Waals surface area contributed by atoms with Crippen LogP contribution in [0.4, 0.5) is 5.69 Å². The summed E-state index contributed by atoms with van der Waals surface area (Å²) in [5, 5.41) is 11.8. The molecular formula is C26H28ClNO. The molecule has 1 aliphatic heterocycles. The minimum absolute atomic E-state index is 0.706. The molecule has 3 aromatic rings. The lowest BCUT2D eigenvalue weighted by atomic mass is 9.84. The number of piperidine rings is 1. The normalized spacial score (nSPS) is 16.0. The van der Waals surface area contributed by atoms with E-state index in [1.54, 1.807) is 0 Å². The van der Waals surface area contributed by atoms with Crippen LogP contribution < -0.4 is 4.90 Å². The molecule has 3 aromatic carbocycles. The first-order chi connectivity index (χ1) is 14.0. The van der Waals surface area contributed by atoms with Gasteiger partial charge in [0.15, 0.2) is 0 Å². The third-order valence-electron chi connectivity index (χ3n) is 6.12. The van der Waals surface area contributed by atoms with Crippen molar-refractivity contribution in [1.82, 2.24) is 0 Å². The van der Waals surface area contributed by atoms with Crippen LogP contribution in [0.1, 0.15) is 35.1 Å². The fraction of sp³-hybridized carbons (Fsp3) is 0.308. The first-order valence-electron chi connectivity index (χ1n) is 10.4. The van der Waals surface area contributed by atoms with Crippen molar-refractivity contribution in [3.05, 3.63) is 100 Å². The van der Waals surface area contributed by atoms with Crippen molar-refractivity contribution < 1.29 is 5.11 Å². The molecule has 0 unspecified atom stereocenters. The van der Waals surface area contributed by atoms with Gasteiger partial charge in [0.1, 0.15) is 0 Å². The monoisotopic (exact) mass is 405 g/mol. The van der Waals surface area contributed by atoms with Gasteiger partial charge in [0.25, 0.3) is 0 Å². The Labute approximate surface area is 178 Å². The summed E-state index contributed by atoms with van der Waals surface area (Å²) in [6.07, 6.45) is 3.58. The number of aliphatic hydroxyl groups is 1. The lowest BCUT2D eigenvalue weighted by molar-refractivity contribution is 0.0117. The molecule has 1 aliphatic rings. The molecular weight excluding hydrogens is 378 g/mol. The van der Waals surface area contributed by atoms with Crippen molar-refractivity contribution >= 4 is 17.3 Å². The van der Waals surface area contributed by atoms with E-state index in [4.69, 9.17) is 11.6 Å². The smallest absolute Gasteiger partial charge is 0.0930 e. The summed E-state index contributed by atoms with van der Waals surface area (Å²) in [6.45, 7) is 3.90. The van der Waals surface area contributed by atoms with Crippen molar-refractivity contribution in [1.29, 1.82) is 0 Å². The molecule has 29 heavy (non-hydrogen) atoms. The fourth-order valence-electron chi connectivity index (χ4n) is 4.33. The van der Waals surface area contributed by atoms with E-state index in [0.717, 1.165) is 44.3 Å². The van der Waals surface area contributed by atoms with E-state index >= 15 is 0 Å². The molecule has 4 rings (SSSR count). The number of rotatable bonds is 5. The second-order valence-electron chi connectivity index (χ2n) is 8.13. The van der Waals surface area contributed by atoms with Crippen LogP contribution >= 0.6 is 11.6 Å². The van der Waals surface area contributed by atoms with Crippen LogP contribution in [-0.2, 0) is 18.4 Å². The number of aryl methyl sites for hydroxylation is 3. The van der Waals surface area contributed by atoms with Gasteiger partial charge in [-0.05, 0) is 73.1 Å². The lowest BCUT2D eigenvalue weighted by Gasteiger charge is -2.40. The Morgan fingerprint density at radius 2 is 1.52 bits per heavy atom. The van der Waals surface area contributed by atoms with Gasteiger partial charge in [-0.25, -0.2) is 0 Å².